The zero-order valence-corrected chi connectivity index (χ0v) is 8.65. The Hall–Kier alpha value is -2.11. The molecular formula is C10H10N2O4. The van der Waals surface area contributed by atoms with Gasteiger partial charge in [0.15, 0.2) is 5.76 Å². The van der Waals surface area contributed by atoms with Gasteiger partial charge in [0.25, 0.3) is 5.91 Å². The Labute approximate surface area is 91.2 Å². The number of nitrogens with one attached hydrogen (secondary N) is 1. The number of rotatable bonds is 1. The van der Waals surface area contributed by atoms with Crippen molar-refractivity contribution in [2.75, 3.05) is 13.1 Å². The lowest BCUT2D eigenvalue weighted by Gasteiger charge is -2.24. The third kappa shape index (κ3) is 1.95. The van der Waals surface area contributed by atoms with Gasteiger partial charge in [-0.05, 0) is 19.1 Å². The molecular weight excluding hydrogens is 212 g/mol. The molecule has 16 heavy (non-hydrogen) atoms. The van der Waals surface area contributed by atoms with Crippen LogP contribution in [0.2, 0.25) is 0 Å². The van der Waals surface area contributed by atoms with Gasteiger partial charge in [-0.1, -0.05) is 0 Å². The highest BCUT2D eigenvalue weighted by molar-refractivity contribution is 6.04. The number of carbonyl (C=O) groups is 3. The zero-order valence-electron chi connectivity index (χ0n) is 8.65. The van der Waals surface area contributed by atoms with Gasteiger partial charge in [0.2, 0.25) is 11.8 Å². The van der Waals surface area contributed by atoms with Crippen molar-refractivity contribution in [1.29, 1.82) is 0 Å². The average molecular weight is 222 g/mol. The van der Waals surface area contributed by atoms with Crippen molar-refractivity contribution in [2.45, 2.75) is 6.92 Å². The van der Waals surface area contributed by atoms with Crippen molar-refractivity contribution < 1.29 is 18.8 Å². The van der Waals surface area contributed by atoms with Crippen LogP contribution in [0.4, 0.5) is 0 Å². The fourth-order valence-corrected chi connectivity index (χ4v) is 1.49. The summed E-state index contributed by atoms with van der Waals surface area (Å²) in [4.78, 5) is 35.1. The Bertz CT molecular complexity index is 447. The second kappa shape index (κ2) is 3.80. The van der Waals surface area contributed by atoms with E-state index in [9.17, 15) is 14.4 Å². The third-order valence-electron chi connectivity index (χ3n) is 2.19. The van der Waals surface area contributed by atoms with E-state index in [1.54, 1.807) is 13.0 Å². The Kier molecular flexibility index (Phi) is 2.47. The molecule has 84 valence electrons. The molecule has 0 bridgehead atoms. The molecule has 6 heteroatoms. The Morgan fingerprint density at radius 3 is 2.44 bits per heavy atom. The molecule has 1 aliphatic rings. The normalized spacial score (nSPS) is 16.2. The van der Waals surface area contributed by atoms with Crippen LogP contribution >= 0.6 is 0 Å². The topological polar surface area (TPSA) is 79.6 Å². The summed E-state index contributed by atoms with van der Waals surface area (Å²) in [7, 11) is 0. The fourth-order valence-electron chi connectivity index (χ4n) is 1.49. The van der Waals surface area contributed by atoms with Crippen molar-refractivity contribution in [2.24, 2.45) is 0 Å². The predicted molar refractivity (Wildman–Crippen MR) is 52.5 cm³/mol. The molecule has 1 saturated heterocycles. The van der Waals surface area contributed by atoms with Crippen LogP contribution in [0, 0.1) is 6.92 Å². The first kappa shape index (κ1) is 10.4. The van der Waals surface area contributed by atoms with Gasteiger partial charge in [-0.3, -0.25) is 19.7 Å². The van der Waals surface area contributed by atoms with Crippen molar-refractivity contribution in [3.63, 3.8) is 0 Å². The molecule has 0 spiro atoms. The predicted octanol–water partition coefficient (Wildman–Crippen LogP) is -0.313. The monoisotopic (exact) mass is 222 g/mol. The second-order valence-corrected chi connectivity index (χ2v) is 3.54. The van der Waals surface area contributed by atoms with Crippen LogP contribution in [0.25, 0.3) is 0 Å². The summed E-state index contributed by atoms with van der Waals surface area (Å²) in [6.07, 6.45) is 0. The van der Waals surface area contributed by atoms with E-state index in [1.807, 2.05) is 0 Å². The fraction of sp³-hybridized carbons (Fsp3) is 0.300. The van der Waals surface area contributed by atoms with E-state index in [0.717, 1.165) is 4.90 Å². The van der Waals surface area contributed by atoms with Crippen molar-refractivity contribution in [3.8, 4) is 0 Å². The zero-order chi connectivity index (χ0) is 11.7. The standard InChI is InChI=1S/C10H10N2O4/c1-6-2-3-7(16-6)10(15)12-4-8(13)11-9(14)5-12/h2-3H,4-5H2,1H3,(H,11,13,14). The number of carbonyl (C=O) groups excluding carboxylic acids is 3. The van der Waals surface area contributed by atoms with Crippen LogP contribution in [-0.4, -0.2) is 35.7 Å². The second-order valence-electron chi connectivity index (χ2n) is 3.54. The lowest BCUT2D eigenvalue weighted by Crippen LogP contribution is -2.53. The number of aryl methyl sites for hydroxylation is 1. The van der Waals surface area contributed by atoms with Crippen LogP contribution in [0.15, 0.2) is 16.5 Å². The largest absolute Gasteiger partial charge is 0.456 e. The van der Waals surface area contributed by atoms with Gasteiger partial charge >= 0.3 is 0 Å². The third-order valence-corrected chi connectivity index (χ3v) is 2.19. The van der Waals surface area contributed by atoms with E-state index in [0.29, 0.717) is 5.76 Å². The summed E-state index contributed by atoms with van der Waals surface area (Å²) < 4.78 is 5.13. The van der Waals surface area contributed by atoms with E-state index in [4.69, 9.17) is 4.42 Å². The van der Waals surface area contributed by atoms with Crippen LogP contribution in [0.3, 0.4) is 0 Å². The van der Waals surface area contributed by atoms with Gasteiger partial charge in [0, 0.05) is 0 Å². The maximum Gasteiger partial charge on any atom is 0.290 e. The number of nitrogens with zero attached hydrogens (tertiary/aromatic N) is 1. The molecule has 1 N–H and O–H groups in total. The minimum Gasteiger partial charge on any atom is -0.456 e. The first-order valence-corrected chi connectivity index (χ1v) is 4.74. The van der Waals surface area contributed by atoms with Crippen LogP contribution in [0.5, 0.6) is 0 Å². The molecule has 6 nitrogen and oxygen atoms in total. The molecule has 0 aliphatic carbocycles. The Morgan fingerprint density at radius 1 is 1.31 bits per heavy atom. The van der Waals surface area contributed by atoms with Gasteiger partial charge < -0.3 is 9.32 Å². The van der Waals surface area contributed by atoms with Crippen LogP contribution < -0.4 is 5.32 Å². The molecule has 0 radical (unpaired) electrons. The van der Waals surface area contributed by atoms with Gasteiger partial charge in [-0.15, -0.1) is 0 Å². The number of imide groups is 1. The highest BCUT2D eigenvalue weighted by Gasteiger charge is 2.28. The van der Waals surface area contributed by atoms with E-state index in [1.165, 1.54) is 6.07 Å². The SMILES string of the molecule is Cc1ccc(C(=O)N2CC(=O)NC(=O)C2)o1. The first-order chi connectivity index (χ1) is 7.56. The van der Waals surface area contributed by atoms with E-state index in [-0.39, 0.29) is 18.8 Å². The van der Waals surface area contributed by atoms with Crippen LogP contribution in [0.1, 0.15) is 16.3 Å². The average Bonchev–Trinajstić information content (AvgIpc) is 2.62. The summed E-state index contributed by atoms with van der Waals surface area (Å²) in [5, 5.41) is 2.12. The summed E-state index contributed by atoms with van der Waals surface area (Å²) in [5.74, 6) is -0.659. The van der Waals surface area contributed by atoms with Crippen molar-refractivity contribution >= 4 is 17.7 Å². The number of piperazine rings is 1. The molecule has 2 rings (SSSR count). The van der Waals surface area contributed by atoms with Crippen molar-refractivity contribution in [3.05, 3.63) is 23.7 Å². The lowest BCUT2D eigenvalue weighted by atomic mass is 10.3. The minimum absolute atomic E-state index is 0.121. The summed E-state index contributed by atoms with van der Waals surface area (Å²) in [5.41, 5.74) is 0. The van der Waals surface area contributed by atoms with E-state index in [2.05, 4.69) is 5.32 Å². The molecule has 0 atom stereocenters. The van der Waals surface area contributed by atoms with Gasteiger partial charge in [0.1, 0.15) is 18.8 Å². The summed E-state index contributed by atoms with van der Waals surface area (Å²) >= 11 is 0. The lowest BCUT2D eigenvalue weighted by molar-refractivity contribution is -0.135. The number of furan rings is 1. The number of hydrogen-bond donors (Lipinski definition) is 1. The highest BCUT2D eigenvalue weighted by atomic mass is 16.3. The molecule has 2 heterocycles. The Balaban J connectivity index is 2.15. The minimum atomic E-state index is -0.479. The smallest absolute Gasteiger partial charge is 0.290 e. The molecule has 1 aliphatic heterocycles. The van der Waals surface area contributed by atoms with Crippen molar-refractivity contribution in [1.82, 2.24) is 10.2 Å². The van der Waals surface area contributed by atoms with Gasteiger partial charge in [0.05, 0.1) is 0 Å². The van der Waals surface area contributed by atoms with E-state index < -0.39 is 17.7 Å². The molecule has 0 unspecified atom stereocenters. The molecule has 1 aromatic rings. The molecule has 0 aromatic carbocycles. The number of hydrogen-bond acceptors (Lipinski definition) is 4. The van der Waals surface area contributed by atoms with Crippen LogP contribution in [-0.2, 0) is 9.59 Å². The first-order valence-electron chi connectivity index (χ1n) is 4.74. The summed E-state index contributed by atoms with van der Waals surface area (Å²) in [6.45, 7) is 1.47. The molecule has 1 aromatic heterocycles. The van der Waals surface area contributed by atoms with Gasteiger partial charge in [-0.2, -0.15) is 0 Å². The quantitative estimate of drug-likeness (QED) is 0.661. The summed E-state index contributed by atoms with van der Waals surface area (Å²) in [6, 6.07) is 3.17. The number of amides is 3. The van der Waals surface area contributed by atoms with E-state index >= 15 is 0 Å². The highest BCUT2D eigenvalue weighted by Crippen LogP contribution is 2.10. The Morgan fingerprint density at radius 2 is 1.94 bits per heavy atom. The maximum atomic E-state index is 11.8. The molecule has 0 saturated carbocycles. The maximum absolute atomic E-state index is 11.8. The molecule has 1 fully saturated rings. The molecule has 3 amide bonds. The van der Waals surface area contributed by atoms with Gasteiger partial charge in [-0.25, -0.2) is 0 Å².